The molecule has 1 atom stereocenters. The molecular weight excluding hydrogens is 221 g/mol. The van der Waals surface area contributed by atoms with Crippen LogP contribution in [-0.2, 0) is 6.54 Å². The summed E-state index contributed by atoms with van der Waals surface area (Å²) in [7, 11) is 0. The number of halogens is 1. The maximum Gasteiger partial charge on any atom is 0.123 e. The molecule has 0 amide bonds. The Bertz CT molecular complexity index is 348. The number of benzene rings is 1. The Morgan fingerprint density at radius 1 is 1.50 bits per heavy atom. The number of aryl methyl sites for hydroxylation is 1. The lowest BCUT2D eigenvalue weighted by Gasteiger charge is -2.23. The number of hydrogen-bond acceptors (Lipinski definition) is 2. The van der Waals surface area contributed by atoms with Crippen LogP contribution < -0.4 is 5.32 Å². The van der Waals surface area contributed by atoms with Crippen molar-refractivity contribution in [1.82, 2.24) is 5.32 Å². The molecule has 0 aromatic heterocycles. The van der Waals surface area contributed by atoms with E-state index in [1.165, 1.54) is 29.9 Å². The summed E-state index contributed by atoms with van der Waals surface area (Å²) in [6.45, 7) is 2.83. The fourth-order valence-electron chi connectivity index (χ4n) is 2.01. The minimum Gasteiger partial charge on any atom is -0.309 e. The predicted octanol–water partition coefficient (Wildman–Crippen LogP) is 3.12. The van der Waals surface area contributed by atoms with Gasteiger partial charge in [-0.25, -0.2) is 4.39 Å². The minimum absolute atomic E-state index is 0.144. The maximum atomic E-state index is 12.9. The normalized spacial score (nSPS) is 21.0. The van der Waals surface area contributed by atoms with Crippen molar-refractivity contribution in [2.75, 3.05) is 11.5 Å². The highest BCUT2D eigenvalue weighted by Crippen LogP contribution is 2.18. The van der Waals surface area contributed by atoms with Crippen molar-refractivity contribution in [3.05, 3.63) is 35.1 Å². The van der Waals surface area contributed by atoms with Gasteiger partial charge in [-0.2, -0.15) is 11.8 Å². The van der Waals surface area contributed by atoms with Gasteiger partial charge in [-0.3, -0.25) is 0 Å². The molecule has 1 aliphatic heterocycles. The van der Waals surface area contributed by atoms with Crippen molar-refractivity contribution in [3.8, 4) is 0 Å². The van der Waals surface area contributed by atoms with Gasteiger partial charge in [0, 0.05) is 18.3 Å². The third kappa shape index (κ3) is 3.22. The SMILES string of the molecule is Cc1cc(F)ccc1CNC1CCCSC1. The van der Waals surface area contributed by atoms with Crippen molar-refractivity contribution in [2.45, 2.75) is 32.4 Å². The molecule has 1 heterocycles. The molecule has 0 bridgehead atoms. The summed E-state index contributed by atoms with van der Waals surface area (Å²) in [5.74, 6) is 2.36. The third-order valence-corrected chi connectivity index (χ3v) is 4.26. The molecule has 1 aliphatic rings. The first-order valence-corrected chi connectivity index (χ1v) is 6.97. The number of rotatable bonds is 3. The molecule has 2 rings (SSSR count). The zero-order valence-corrected chi connectivity index (χ0v) is 10.4. The summed E-state index contributed by atoms with van der Waals surface area (Å²) < 4.78 is 12.9. The zero-order valence-electron chi connectivity index (χ0n) is 9.63. The molecule has 1 N–H and O–H groups in total. The van der Waals surface area contributed by atoms with Crippen molar-refractivity contribution in [3.63, 3.8) is 0 Å². The van der Waals surface area contributed by atoms with E-state index in [4.69, 9.17) is 0 Å². The lowest BCUT2D eigenvalue weighted by Crippen LogP contribution is -2.33. The van der Waals surface area contributed by atoms with Crippen molar-refractivity contribution < 1.29 is 4.39 Å². The first-order valence-electron chi connectivity index (χ1n) is 5.82. The Balaban J connectivity index is 1.88. The van der Waals surface area contributed by atoms with Crippen molar-refractivity contribution >= 4 is 11.8 Å². The van der Waals surface area contributed by atoms with Crippen LogP contribution in [0.2, 0.25) is 0 Å². The molecular formula is C13H18FNS. The molecule has 88 valence electrons. The van der Waals surface area contributed by atoms with E-state index in [2.05, 4.69) is 5.32 Å². The smallest absolute Gasteiger partial charge is 0.123 e. The second kappa shape index (κ2) is 5.69. The van der Waals surface area contributed by atoms with E-state index < -0.39 is 0 Å². The number of thioether (sulfide) groups is 1. The summed E-state index contributed by atoms with van der Waals surface area (Å²) in [5.41, 5.74) is 2.24. The van der Waals surface area contributed by atoms with Crippen LogP contribution in [0.4, 0.5) is 4.39 Å². The molecule has 1 aromatic rings. The molecule has 0 radical (unpaired) electrons. The van der Waals surface area contributed by atoms with Gasteiger partial charge in [-0.05, 0) is 48.8 Å². The molecule has 0 aliphatic carbocycles. The molecule has 1 nitrogen and oxygen atoms in total. The van der Waals surface area contributed by atoms with Gasteiger partial charge in [0.15, 0.2) is 0 Å². The lowest BCUT2D eigenvalue weighted by atomic mass is 10.1. The van der Waals surface area contributed by atoms with E-state index >= 15 is 0 Å². The number of hydrogen-bond donors (Lipinski definition) is 1. The molecule has 1 fully saturated rings. The van der Waals surface area contributed by atoms with E-state index in [0.717, 1.165) is 12.1 Å². The van der Waals surface area contributed by atoms with Crippen LogP contribution in [0.1, 0.15) is 24.0 Å². The van der Waals surface area contributed by atoms with Crippen LogP contribution in [0.25, 0.3) is 0 Å². The van der Waals surface area contributed by atoms with Crippen molar-refractivity contribution in [1.29, 1.82) is 0 Å². The average Bonchev–Trinajstić information content (AvgIpc) is 2.29. The van der Waals surface area contributed by atoms with Gasteiger partial charge in [-0.1, -0.05) is 6.07 Å². The quantitative estimate of drug-likeness (QED) is 0.869. The van der Waals surface area contributed by atoms with Crippen LogP contribution in [0.5, 0.6) is 0 Å². The van der Waals surface area contributed by atoms with E-state index in [1.807, 2.05) is 24.8 Å². The van der Waals surface area contributed by atoms with E-state index in [9.17, 15) is 4.39 Å². The Morgan fingerprint density at radius 2 is 2.38 bits per heavy atom. The molecule has 0 spiro atoms. The maximum absolute atomic E-state index is 12.9. The second-order valence-electron chi connectivity index (χ2n) is 4.37. The Kier molecular flexibility index (Phi) is 4.24. The summed E-state index contributed by atoms with van der Waals surface area (Å²) >= 11 is 2.02. The standard InChI is InChI=1S/C13H18FNS/c1-10-7-12(14)5-4-11(10)8-15-13-3-2-6-16-9-13/h4-5,7,13,15H,2-3,6,8-9H2,1H3. The van der Waals surface area contributed by atoms with E-state index in [1.54, 1.807) is 12.1 Å². The van der Waals surface area contributed by atoms with Gasteiger partial charge < -0.3 is 5.32 Å². The van der Waals surface area contributed by atoms with E-state index in [-0.39, 0.29) is 5.82 Å². The van der Waals surface area contributed by atoms with E-state index in [0.29, 0.717) is 6.04 Å². The van der Waals surface area contributed by atoms with Crippen LogP contribution in [0.3, 0.4) is 0 Å². The number of nitrogens with one attached hydrogen (secondary N) is 1. The van der Waals surface area contributed by atoms with Gasteiger partial charge in [0.25, 0.3) is 0 Å². The first-order chi connectivity index (χ1) is 7.75. The fraction of sp³-hybridized carbons (Fsp3) is 0.538. The third-order valence-electron chi connectivity index (χ3n) is 3.05. The monoisotopic (exact) mass is 239 g/mol. The van der Waals surface area contributed by atoms with Gasteiger partial charge >= 0.3 is 0 Å². The highest BCUT2D eigenvalue weighted by atomic mass is 32.2. The fourth-order valence-corrected chi connectivity index (χ4v) is 3.12. The predicted molar refractivity (Wildman–Crippen MR) is 68.3 cm³/mol. The topological polar surface area (TPSA) is 12.0 Å². The Hall–Kier alpha value is -0.540. The van der Waals surface area contributed by atoms with Gasteiger partial charge in [-0.15, -0.1) is 0 Å². The molecule has 16 heavy (non-hydrogen) atoms. The van der Waals surface area contributed by atoms with Crippen LogP contribution in [-0.4, -0.2) is 17.5 Å². The molecule has 1 unspecified atom stereocenters. The lowest BCUT2D eigenvalue weighted by molar-refractivity contribution is 0.506. The minimum atomic E-state index is -0.144. The largest absolute Gasteiger partial charge is 0.309 e. The summed E-state index contributed by atoms with van der Waals surface area (Å²) in [6.07, 6.45) is 2.58. The Labute approximate surface area is 101 Å². The highest BCUT2D eigenvalue weighted by molar-refractivity contribution is 7.99. The summed E-state index contributed by atoms with van der Waals surface area (Å²) in [4.78, 5) is 0. The molecule has 0 saturated carbocycles. The zero-order chi connectivity index (χ0) is 11.4. The second-order valence-corrected chi connectivity index (χ2v) is 5.52. The van der Waals surface area contributed by atoms with Gasteiger partial charge in [0.2, 0.25) is 0 Å². The summed E-state index contributed by atoms with van der Waals surface area (Å²) in [6, 6.07) is 5.66. The molecule has 1 saturated heterocycles. The van der Waals surface area contributed by atoms with Crippen LogP contribution in [0.15, 0.2) is 18.2 Å². The van der Waals surface area contributed by atoms with Crippen LogP contribution >= 0.6 is 11.8 Å². The summed E-state index contributed by atoms with van der Waals surface area (Å²) in [5, 5.41) is 3.55. The van der Waals surface area contributed by atoms with Gasteiger partial charge in [0.05, 0.1) is 0 Å². The molecule has 1 aromatic carbocycles. The Morgan fingerprint density at radius 3 is 3.06 bits per heavy atom. The molecule has 3 heteroatoms. The highest BCUT2D eigenvalue weighted by Gasteiger charge is 2.13. The first kappa shape index (κ1) is 11.9. The average molecular weight is 239 g/mol. The van der Waals surface area contributed by atoms with Crippen LogP contribution in [0, 0.1) is 12.7 Å². The van der Waals surface area contributed by atoms with Gasteiger partial charge in [0.1, 0.15) is 5.82 Å². The van der Waals surface area contributed by atoms with Crippen molar-refractivity contribution in [2.24, 2.45) is 0 Å².